The third-order valence-electron chi connectivity index (χ3n) is 5.48. The molecular weight excluding hydrogens is 530 g/mol. The smallest absolute Gasteiger partial charge is 0.412 e. The number of nitrogens with zero attached hydrogens (tertiary/aromatic N) is 2. The number of phenolic OH excluding ortho intramolecular Hbond substituents is 2. The second kappa shape index (κ2) is 12.4. The number of phenols is 2. The van der Waals surface area contributed by atoms with Gasteiger partial charge in [0, 0.05) is 29.9 Å². The summed E-state index contributed by atoms with van der Waals surface area (Å²) in [4.78, 5) is 42.9. The van der Waals surface area contributed by atoms with Crippen molar-refractivity contribution >= 4 is 29.3 Å². The molecule has 0 aliphatic rings. The highest BCUT2D eigenvalue weighted by molar-refractivity contribution is 5.97. The summed E-state index contributed by atoms with van der Waals surface area (Å²) in [6.07, 6.45) is 0.659. The Morgan fingerprint density at radius 2 is 1.85 bits per heavy atom. The van der Waals surface area contributed by atoms with E-state index in [-0.39, 0.29) is 52.7 Å². The van der Waals surface area contributed by atoms with Crippen LogP contribution in [0.5, 0.6) is 11.5 Å². The van der Waals surface area contributed by atoms with Crippen LogP contribution in [0.3, 0.4) is 0 Å². The number of rotatable bonds is 9. The number of ether oxygens (including phenoxy) is 1. The normalized spacial score (nSPS) is 11.2. The Labute approximate surface area is 236 Å². The Kier molecular flexibility index (Phi) is 9.22. The summed E-state index contributed by atoms with van der Waals surface area (Å²) in [5.41, 5.74) is 5.57. The number of hydrogen-bond acceptors (Lipinski definition) is 9. The molecule has 0 saturated carbocycles. The van der Waals surface area contributed by atoms with Gasteiger partial charge in [0.05, 0.1) is 17.5 Å². The van der Waals surface area contributed by atoms with Crippen molar-refractivity contribution < 1.29 is 24.5 Å². The Hall–Kier alpha value is -5.07. The molecule has 1 heterocycles. The molecule has 0 radical (unpaired) electrons. The summed E-state index contributed by atoms with van der Waals surface area (Å²) in [7, 11) is 0. The standard InChI is InChI=1S/C28H35N7O6/c1-15(2)33-25-26(39)35(14-23(38)31-12-16-6-7-20(24(29)30)22(37)8-16)21(13-32-25)17-9-18(11-19(36)10-17)34-27(40)41-28(3,4)5/h6-11,13,15,36-37H,12,14H2,1-5H3,(H3,29,30)(H,31,38)(H,32,33)(H,34,40). The summed E-state index contributed by atoms with van der Waals surface area (Å²) in [6, 6.07) is 8.56. The molecule has 13 heteroatoms. The van der Waals surface area contributed by atoms with Crippen LogP contribution in [0.25, 0.3) is 11.3 Å². The number of hydrogen-bond donors (Lipinski definition) is 7. The lowest BCUT2D eigenvalue weighted by Crippen LogP contribution is -2.35. The zero-order valence-electron chi connectivity index (χ0n) is 23.5. The van der Waals surface area contributed by atoms with Gasteiger partial charge in [-0.3, -0.25) is 24.9 Å². The first-order valence-electron chi connectivity index (χ1n) is 12.8. The van der Waals surface area contributed by atoms with Crippen molar-refractivity contribution in [3.8, 4) is 22.8 Å². The third-order valence-corrected chi connectivity index (χ3v) is 5.48. The maximum atomic E-state index is 13.4. The van der Waals surface area contributed by atoms with Crippen molar-refractivity contribution in [2.45, 2.75) is 59.4 Å². The molecule has 0 unspecified atom stereocenters. The third kappa shape index (κ3) is 8.46. The molecule has 13 nitrogen and oxygen atoms in total. The van der Waals surface area contributed by atoms with Gasteiger partial charge in [0.2, 0.25) is 5.91 Å². The molecule has 8 N–H and O–H groups in total. The van der Waals surface area contributed by atoms with Crippen LogP contribution >= 0.6 is 0 Å². The summed E-state index contributed by atoms with van der Waals surface area (Å²) in [5.74, 6) is -1.16. The lowest BCUT2D eigenvalue weighted by molar-refractivity contribution is -0.121. The van der Waals surface area contributed by atoms with E-state index < -0.39 is 29.7 Å². The van der Waals surface area contributed by atoms with Crippen LogP contribution in [-0.2, 0) is 22.6 Å². The maximum Gasteiger partial charge on any atom is 0.412 e. The van der Waals surface area contributed by atoms with Crippen molar-refractivity contribution in [3.63, 3.8) is 0 Å². The van der Waals surface area contributed by atoms with Gasteiger partial charge in [-0.2, -0.15) is 0 Å². The van der Waals surface area contributed by atoms with Gasteiger partial charge in [-0.1, -0.05) is 6.07 Å². The van der Waals surface area contributed by atoms with Gasteiger partial charge in [-0.15, -0.1) is 0 Å². The lowest BCUT2D eigenvalue weighted by Gasteiger charge is -2.20. The molecule has 0 saturated heterocycles. The highest BCUT2D eigenvalue weighted by atomic mass is 16.6. The molecule has 2 aromatic carbocycles. The van der Waals surface area contributed by atoms with Gasteiger partial charge in [0.25, 0.3) is 5.56 Å². The first kappa shape index (κ1) is 30.5. The van der Waals surface area contributed by atoms with Gasteiger partial charge < -0.3 is 31.3 Å². The average Bonchev–Trinajstić information content (AvgIpc) is 2.83. The molecular formula is C28H35N7O6. The van der Waals surface area contributed by atoms with E-state index >= 15 is 0 Å². The van der Waals surface area contributed by atoms with E-state index in [1.54, 1.807) is 26.8 Å². The highest BCUT2D eigenvalue weighted by Crippen LogP contribution is 2.28. The predicted octanol–water partition coefficient (Wildman–Crippen LogP) is 3.09. The molecule has 2 amide bonds. The van der Waals surface area contributed by atoms with Crippen LogP contribution in [0.4, 0.5) is 16.3 Å². The molecule has 3 rings (SSSR count). The molecule has 0 spiro atoms. The largest absolute Gasteiger partial charge is 0.508 e. The minimum Gasteiger partial charge on any atom is -0.508 e. The van der Waals surface area contributed by atoms with Gasteiger partial charge in [0.1, 0.15) is 29.5 Å². The zero-order valence-corrected chi connectivity index (χ0v) is 23.5. The number of nitrogen functional groups attached to an aromatic ring is 1. The van der Waals surface area contributed by atoms with Crippen molar-refractivity contribution in [1.82, 2.24) is 14.9 Å². The van der Waals surface area contributed by atoms with Gasteiger partial charge >= 0.3 is 6.09 Å². The topological polar surface area (TPSA) is 205 Å². The Morgan fingerprint density at radius 1 is 1.15 bits per heavy atom. The van der Waals surface area contributed by atoms with Crippen molar-refractivity contribution in [2.24, 2.45) is 5.73 Å². The second-order valence-corrected chi connectivity index (χ2v) is 10.6. The Bertz CT molecular complexity index is 1530. The van der Waals surface area contributed by atoms with Crippen molar-refractivity contribution in [3.05, 3.63) is 64.1 Å². The molecule has 0 atom stereocenters. The summed E-state index contributed by atoms with van der Waals surface area (Å²) >= 11 is 0. The fraction of sp³-hybridized carbons (Fsp3) is 0.321. The summed E-state index contributed by atoms with van der Waals surface area (Å²) in [6.45, 7) is 8.45. The van der Waals surface area contributed by atoms with Crippen LogP contribution in [0, 0.1) is 5.41 Å². The highest BCUT2D eigenvalue weighted by Gasteiger charge is 2.19. The maximum absolute atomic E-state index is 13.4. The number of amides is 2. The van der Waals surface area contributed by atoms with E-state index in [1.165, 1.54) is 41.1 Å². The SMILES string of the molecule is CC(C)Nc1ncc(-c2cc(O)cc(NC(=O)OC(C)(C)C)c2)n(CC(=O)NCc2ccc(C(=N)N)c(O)c2)c1=O. The van der Waals surface area contributed by atoms with Crippen LogP contribution in [0.1, 0.15) is 45.7 Å². The van der Waals surface area contributed by atoms with E-state index in [1.807, 2.05) is 13.8 Å². The number of carbonyl (C=O) groups excluding carboxylic acids is 2. The van der Waals surface area contributed by atoms with E-state index in [2.05, 4.69) is 20.9 Å². The van der Waals surface area contributed by atoms with Crippen LogP contribution in [0.2, 0.25) is 0 Å². The predicted molar refractivity (Wildman–Crippen MR) is 155 cm³/mol. The fourth-order valence-electron chi connectivity index (χ4n) is 3.82. The monoisotopic (exact) mass is 565 g/mol. The van der Waals surface area contributed by atoms with Gasteiger partial charge in [-0.25, -0.2) is 9.78 Å². The number of aromatic nitrogens is 2. The van der Waals surface area contributed by atoms with Crippen LogP contribution < -0.4 is 27.2 Å². The average molecular weight is 566 g/mol. The van der Waals surface area contributed by atoms with E-state index in [4.69, 9.17) is 15.9 Å². The molecule has 0 aliphatic heterocycles. The van der Waals surface area contributed by atoms with Crippen molar-refractivity contribution in [1.29, 1.82) is 5.41 Å². The molecule has 0 aliphatic carbocycles. The van der Waals surface area contributed by atoms with E-state index in [0.717, 1.165) is 0 Å². The Balaban J connectivity index is 1.92. The molecule has 1 aromatic heterocycles. The number of benzene rings is 2. The first-order valence-corrected chi connectivity index (χ1v) is 12.8. The molecule has 0 fully saturated rings. The minimum atomic E-state index is -0.741. The summed E-state index contributed by atoms with van der Waals surface area (Å²) in [5, 5.41) is 36.1. The number of carbonyl (C=O) groups is 2. The lowest BCUT2D eigenvalue weighted by atomic mass is 10.1. The van der Waals surface area contributed by atoms with E-state index in [0.29, 0.717) is 11.1 Å². The first-order chi connectivity index (χ1) is 19.1. The molecule has 3 aromatic rings. The summed E-state index contributed by atoms with van der Waals surface area (Å²) < 4.78 is 6.48. The molecule has 218 valence electrons. The quantitative estimate of drug-likeness (QED) is 0.150. The van der Waals surface area contributed by atoms with E-state index in [9.17, 15) is 24.6 Å². The minimum absolute atomic E-state index is 0.0347. The number of amidine groups is 1. The number of anilines is 2. The molecule has 41 heavy (non-hydrogen) atoms. The number of nitrogens with one attached hydrogen (secondary N) is 4. The number of aromatic hydroxyl groups is 2. The van der Waals surface area contributed by atoms with Crippen molar-refractivity contribution in [2.75, 3.05) is 10.6 Å². The van der Waals surface area contributed by atoms with Crippen LogP contribution in [0.15, 0.2) is 47.4 Å². The zero-order chi connectivity index (χ0) is 30.5. The molecule has 0 bridgehead atoms. The van der Waals surface area contributed by atoms with Crippen LogP contribution in [-0.4, -0.2) is 49.2 Å². The van der Waals surface area contributed by atoms with Gasteiger partial charge in [0.15, 0.2) is 5.82 Å². The Morgan fingerprint density at radius 3 is 2.46 bits per heavy atom. The number of nitrogens with two attached hydrogens (primary N) is 1. The second-order valence-electron chi connectivity index (χ2n) is 10.6. The fourth-order valence-corrected chi connectivity index (χ4v) is 3.82. The van der Waals surface area contributed by atoms with Gasteiger partial charge in [-0.05, 0) is 64.4 Å².